The second-order valence-corrected chi connectivity index (χ2v) is 9.15. The van der Waals surface area contributed by atoms with Crippen LogP contribution in [0.25, 0.3) is 0 Å². The molecule has 5 heteroatoms. The monoisotopic (exact) mass is 348 g/mol. The Morgan fingerprint density at radius 2 is 1.32 bits per heavy atom. The normalized spacial score (nSPS) is 29.0. The molecule has 0 saturated carbocycles. The zero-order chi connectivity index (χ0) is 18.2. The molecule has 0 aromatic heterocycles. The third-order valence-corrected chi connectivity index (χ3v) is 7.02. The number of carbonyl (C=O) groups excluding carboxylic acids is 1. The molecule has 1 amide bonds. The largest absolute Gasteiger partial charge is 0.378 e. The maximum absolute atomic E-state index is 11.6. The van der Waals surface area contributed by atoms with E-state index in [0.29, 0.717) is 11.3 Å². The van der Waals surface area contributed by atoms with Crippen LogP contribution in [-0.4, -0.2) is 93.0 Å². The molecule has 0 aromatic carbocycles. The molecule has 5 nitrogen and oxygen atoms in total. The molecule has 4 fully saturated rings. The summed E-state index contributed by atoms with van der Waals surface area (Å²) in [5.74, 6) is 0.371. The summed E-state index contributed by atoms with van der Waals surface area (Å²) in [6.07, 6.45) is 6.07. The standard InChI is InChI=1S/C11H20N2.C9H16N2O/c1-10-8-11(9-13(10)3)4-6-12(2)7-5-11;1-10-5-3-9(4-6-10)7-11(2)8(9)12/h1,4-9H2,2-3H3;3-7H2,1-2H3. The van der Waals surface area contributed by atoms with Crippen LogP contribution in [0.5, 0.6) is 0 Å². The van der Waals surface area contributed by atoms with Gasteiger partial charge >= 0.3 is 0 Å². The second kappa shape index (κ2) is 6.92. The predicted octanol–water partition coefficient (Wildman–Crippen LogP) is 1.72. The van der Waals surface area contributed by atoms with Crippen LogP contribution in [0.3, 0.4) is 0 Å². The van der Waals surface area contributed by atoms with E-state index in [1.807, 2.05) is 11.9 Å². The second-order valence-electron chi connectivity index (χ2n) is 9.15. The fourth-order valence-corrected chi connectivity index (χ4v) is 4.99. The number of rotatable bonds is 0. The molecule has 0 aromatic rings. The van der Waals surface area contributed by atoms with Crippen molar-refractivity contribution in [1.29, 1.82) is 0 Å². The molecule has 0 unspecified atom stereocenters. The van der Waals surface area contributed by atoms with Gasteiger partial charge in [-0.15, -0.1) is 0 Å². The van der Waals surface area contributed by atoms with Crippen LogP contribution in [0, 0.1) is 10.8 Å². The Morgan fingerprint density at radius 3 is 1.72 bits per heavy atom. The van der Waals surface area contributed by atoms with E-state index in [1.165, 1.54) is 44.6 Å². The molecule has 4 aliphatic heterocycles. The molecule has 0 radical (unpaired) electrons. The third-order valence-electron chi connectivity index (χ3n) is 7.02. The first kappa shape index (κ1) is 18.7. The minimum atomic E-state index is 0.0568. The van der Waals surface area contributed by atoms with Gasteiger partial charge in [-0.05, 0) is 77.8 Å². The fourth-order valence-electron chi connectivity index (χ4n) is 4.99. The highest BCUT2D eigenvalue weighted by Gasteiger charge is 2.50. The predicted molar refractivity (Wildman–Crippen MR) is 102 cm³/mol. The molecule has 0 aliphatic carbocycles. The lowest BCUT2D eigenvalue weighted by Crippen LogP contribution is -2.62. The highest BCUT2D eigenvalue weighted by Crippen LogP contribution is 2.43. The number of nitrogens with zero attached hydrogens (tertiary/aromatic N) is 4. The first-order valence-electron chi connectivity index (χ1n) is 9.77. The van der Waals surface area contributed by atoms with E-state index in [2.05, 4.69) is 42.4 Å². The van der Waals surface area contributed by atoms with E-state index < -0.39 is 0 Å². The van der Waals surface area contributed by atoms with Crippen LogP contribution in [0.15, 0.2) is 12.3 Å². The van der Waals surface area contributed by atoms with Crippen LogP contribution >= 0.6 is 0 Å². The lowest BCUT2D eigenvalue weighted by Gasteiger charge is -2.50. The summed E-state index contributed by atoms with van der Waals surface area (Å²) in [5, 5.41) is 0. The summed E-state index contributed by atoms with van der Waals surface area (Å²) in [5.41, 5.74) is 1.98. The number of likely N-dealkylation sites (tertiary alicyclic amines) is 4. The summed E-state index contributed by atoms with van der Waals surface area (Å²) in [4.78, 5) is 20.5. The SMILES string of the molecule is C=C1CC2(CCN(C)CC2)CN1C.CN1CCC2(CC1)CN(C)C2=O. The Morgan fingerprint density at radius 1 is 0.800 bits per heavy atom. The third kappa shape index (κ3) is 3.72. The molecule has 25 heavy (non-hydrogen) atoms. The topological polar surface area (TPSA) is 30.0 Å². The first-order chi connectivity index (χ1) is 11.8. The number of hydrogen-bond donors (Lipinski definition) is 0. The molecule has 2 spiro atoms. The van der Waals surface area contributed by atoms with Crippen molar-refractivity contribution >= 4 is 5.91 Å². The Kier molecular flexibility index (Phi) is 5.18. The van der Waals surface area contributed by atoms with E-state index in [9.17, 15) is 4.79 Å². The zero-order valence-electron chi connectivity index (χ0n) is 16.7. The molecule has 0 atom stereocenters. The molecule has 0 N–H and O–H groups in total. The van der Waals surface area contributed by atoms with Crippen LogP contribution in [0.1, 0.15) is 32.1 Å². The number of hydrogen-bond acceptors (Lipinski definition) is 4. The van der Waals surface area contributed by atoms with Crippen molar-refractivity contribution in [3.63, 3.8) is 0 Å². The number of carbonyl (C=O) groups is 1. The number of piperidine rings is 2. The minimum Gasteiger partial charge on any atom is -0.378 e. The molecular formula is C20H36N4O. The van der Waals surface area contributed by atoms with Crippen LogP contribution in [0.4, 0.5) is 0 Å². The van der Waals surface area contributed by atoms with Crippen molar-refractivity contribution in [3.05, 3.63) is 12.3 Å². The van der Waals surface area contributed by atoms with Crippen molar-refractivity contribution in [2.24, 2.45) is 10.8 Å². The van der Waals surface area contributed by atoms with Gasteiger partial charge in [0.05, 0.1) is 5.41 Å². The fraction of sp³-hybridized carbons (Fsp3) is 0.850. The summed E-state index contributed by atoms with van der Waals surface area (Å²) < 4.78 is 0. The lowest BCUT2D eigenvalue weighted by atomic mass is 9.71. The van der Waals surface area contributed by atoms with Crippen molar-refractivity contribution in [1.82, 2.24) is 19.6 Å². The van der Waals surface area contributed by atoms with E-state index in [4.69, 9.17) is 0 Å². The molecule has 4 saturated heterocycles. The molecule has 0 bridgehead atoms. The average molecular weight is 349 g/mol. The Hall–Kier alpha value is -1.07. The quantitative estimate of drug-likeness (QED) is 0.624. The lowest BCUT2D eigenvalue weighted by molar-refractivity contribution is -0.162. The number of allylic oxidation sites excluding steroid dienone is 1. The maximum Gasteiger partial charge on any atom is 0.230 e. The van der Waals surface area contributed by atoms with Crippen molar-refractivity contribution in [3.8, 4) is 0 Å². The molecule has 4 rings (SSSR count). The first-order valence-corrected chi connectivity index (χ1v) is 9.77. The van der Waals surface area contributed by atoms with E-state index in [1.54, 1.807) is 0 Å². The van der Waals surface area contributed by atoms with E-state index in [0.717, 1.165) is 32.5 Å². The molecule has 4 heterocycles. The number of amides is 1. The Bertz CT molecular complexity index is 516. The van der Waals surface area contributed by atoms with Gasteiger partial charge in [0, 0.05) is 32.9 Å². The van der Waals surface area contributed by atoms with Gasteiger partial charge in [0.2, 0.25) is 5.91 Å². The van der Waals surface area contributed by atoms with Gasteiger partial charge in [-0.2, -0.15) is 0 Å². The zero-order valence-corrected chi connectivity index (χ0v) is 16.7. The van der Waals surface area contributed by atoms with Crippen molar-refractivity contribution in [2.75, 3.05) is 67.5 Å². The summed E-state index contributed by atoms with van der Waals surface area (Å²) in [6, 6.07) is 0. The van der Waals surface area contributed by atoms with Crippen molar-refractivity contribution in [2.45, 2.75) is 32.1 Å². The average Bonchev–Trinajstić information content (AvgIpc) is 2.87. The number of β-lactam (4-membered cyclic amide) rings is 1. The van der Waals surface area contributed by atoms with Gasteiger partial charge in [-0.1, -0.05) is 6.58 Å². The van der Waals surface area contributed by atoms with Gasteiger partial charge in [-0.25, -0.2) is 0 Å². The van der Waals surface area contributed by atoms with E-state index in [-0.39, 0.29) is 5.41 Å². The van der Waals surface area contributed by atoms with E-state index >= 15 is 0 Å². The van der Waals surface area contributed by atoms with Gasteiger partial charge in [0.15, 0.2) is 0 Å². The highest BCUT2D eigenvalue weighted by molar-refractivity contribution is 5.88. The Balaban J connectivity index is 0.000000146. The Labute approximate surface area is 153 Å². The molecule has 142 valence electrons. The van der Waals surface area contributed by atoms with Gasteiger partial charge in [-0.3, -0.25) is 4.79 Å². The van der Waals surface area contributed by atoms with Gasteiger partial charge in [0.1, 0.15) is 0 Å². The smallest absolute Gasteiger partial charge is 0.230 e. The van der Waals surface area contributed by atoms with Gasteiger partial charge < -0.3 is 19.6 Å². The molecule has 4 aliphatic rings. The highest BCUT2D eigenvalue weighted by atomic mass is 16.2. The van der Waals surface area contributed by atoms with Crippen LogP contribution < -0.4 is 0 Å². The summed E-state index contributed by atoms with van der Waals surface area (Å²) in [7, 11) is 8.42. The van der Waals surface area contributed by atoms with Crippen LogP contribution in [0.2, 0.25) is 0 Å². The van der Waals surface area contributed by atoms with Gasteiger partial charge in [0.25, 0.3) is 0 Å². The van der Waals surface area contributed by atoms with Crippen LogP contribution in [-0.2, 0) is 4.79 Å². The van der Waals surface area contributed by atoms with Crippen molar-refractivity contribution < 1.29 is 4.79 Å². The maximum atomic E-state index is 11.6. The molecular weight excluding hydrogens is 312 g/mol. The summed E-state index contributed by atoms with van der Waals surface area (Å²) >= 11 is 0. The minimum absolute atomic E-state index is 0.0568. The summed E-state index contributed by atoms with van der Waals surface area (Å²) in [6.45, 7) is 11.0.